The summed E-state index contributed by atoms with van der Waals surface area (Å²) < 4.78 is 73.6. The van der Waals surface area contributed by atoms with Gasteiger partial charge in [0.2, 0.25) is 0 Å². The smallest absolute Gasteiger partial charge is 0.463 e. The zero-order valence-electron chi connectivity index (χ0n) is 75.6. The number of carbonyl (C=O) groups excluding carboxylic acids is 4. The van der Waals surface area contributed by atoms with Gasteiger partial charge in [0, 0.05) is 25.7 Å². The summed E-state index contributed by atoms with van der Waals surface area (Å²) in [6, 6.07) is 0. The van der Waals surface area contributed by atoms with Crippen molar-refractivity contribution in [3.63, 3.8) is 0 Å². The summed E-state index contributed by atoms with van der Waals surface area (Å²) in [7, 11) is -5.81. The lowest BCUT2D eigenvalue weighted by Crippen LogP contribution is -2.70. The van der Waals surface area contributed by atoms with Crippen LogP contribution in [0.2, 0.25) is 0 Å². The Morgan fingerprint density at radius 1 is 0.350 bits per heavy atom. The molecule has 0 bridgehead atoms. The molecule has 3 fully saturated rings. The molecule has 0 aromatic rings. The van der Waals surface area contributed by atoms with Crippen LogP contribution in [0.15, 0.2) is 12.2 Å². The zero-order chi connectivity index (χ0) is 87.6. The van der Waals surface area contributed by atoms with Gasteiger partial charge >= 0.3 is 31.7 Å². The van der Waals surface area contributed by atoms with Crippen LogP contribution >= 0.6 is 7.82 Å². The van der Waals surface area contributed by atoms with Crippen molar-refractivity contribution < 1.29 is 122 Å². The molecule has 2 saturated heterocycles. The molecule has 1 saturated carbocycles. The molecule has 10 N–H and O–H groups in total. The Morgan fingerprint density at radius 3 is 1.08 bits per heavy atom. The largest absolute Gasteiger partial charge is 0.472 e. The molecular weight excluding hydrogens is 1560 g/mol. The molecular formula is C94H175O25P. The third-order valence-electron chi connectivity index (χ3n) is 24.2. The first-order valence-corrected chi connectivity index (χ1v) is 50.3. The van der Waals surface area contributed by atoms with Crippen LogP contribution < -0.4 is 0 Å². The van der Waals surface area contributed by atoms with Gasteiger partial charge in [-0.05, 0) is 57.3 Å². The maximum atomic E-state index is 14.9. The second kappa shape index (κ2) is 72.2. The highest BCUT2D eigenvalue weighted by Crippen LogP contribution is 2.49. The van der Waals surface area contributed by atoms with Gasteiger partial charge in [-0.25, -0.2) is 4.57 Å². The van der Waals surface area contributed by atoms with Crippen LogP contribution in [0.5, 0.6) is 0 Å². The molecule has 3 rings (SSSR count). The molecule has 19 unspecified atom stereocenters. The van der Waals surface area contributed by atoms with Crippen LogP contribution in [0.3, 0.4) is 0 Å². The van der Waals surface area contributed by atoms with Crippen LogP contribution in [-0.4, -0.2) is 205 Å². The Balaban J connectivity index is 1.91. The van der Waals surface area contributed by atoms with Crippen molar-refractivity contribution in [1.82, 2.24) is 0 Å². The molecule has 120 heavy (non-hydrogen) atoms. The molecule has 0 radical (unpaired) electrons. The molecule has 0 aromatic carbocycles. The van der Waals surface area contributed by atoms with Crippen LogP contribution in [0.1, 0.15) is 426 Å². The second-order valence-electron chi connectivity index (χ2n) is 35.2. The Hall–Kier alpha value is -2.79. The van der Waals surface area contributed by atoms with Gasteiger partial charge in [0.05, 0.1) is 13.2 Å². The minimum absolute atomic E-state index is 0.0185. The molecule has 26 heteroatoms. The number of ether oxygens (including phenoxy) is 8. The fraction of sp³-hybridized carbons (Fsp3) is 0.936. The second-order valence-corrected chi connectivity index (χ2v) is 36.6. The van der Waals surface area contributed by atoms with E-state index in [-0.39, 0.29) is 25.7 Å². The topological polar surface area (TPSA) is 380 Å². The van der Waals surface area contributed by atoms with Crippen molar-refractivity contribution in [3.05, 3.63) is 12.2 Å². The number of phosphoric acid groups is 1. The highest BCUT2D eigenvalue weighted by Gasteiger charge is 2.60. The van der Waals surface area contributed by atoms with Crippen LogP contribution in [0.4, 0.5) is 0 Å². The van der Waals surface area contributed by atoms with E-state index in [1.54, 1.807) is 0 Å². The molecule has 25 nitrogen and oxygen atoms in total. The Bertz CT molecular complexity index is 2550. The van der Waals surface area contributed by atoms with Crippen molar-refractivity contribution >= 4 is 31.7 Å². The molecule has 2 heterocycles. The van der Waals surface area contributed by atoms with Gasteiger partial charge in [-0.3, -0.25) is 28.2 Å². The Labute approximate surface area is 724 Å². The predicted octanol–water partition coefficient (Wildman–Crippen LogP) is 18.6. The number of esters is 4. The molecule has 0 amide bonds. The van der Waals surface area contributed by atoms with Crippen LogP contribution in [-0.2, 0) is 70.7 Å². The number of carbonyl (C=O) groups is 4. The highest BCUT2D eigenvalue weighted by atomic mass is 31.2. The average Bonchev–Trinajstić information content (AvgIpc) is 0.754. The summed E-state index contributed by atoms with van der Waals surface area (Å²) in [5.74, 6) is -2.33. The normalized spacial score (nSPS) is 25.0. The third kappa shape index (κ3) is 51.9. The summed E-state index contributed by atoms with van der Waals surface area (Å²) in [6.07, 6.45) is 30.4. The van der Waals surface area contributed by atoms with Crippen LogP contribution in [0, 0.1) is 5.92 Å². The van der Waals surface area contributed by atoms with E-state index in [1.165, 1.54) is 186 Å². The molecule has 706 valence electrons. The van der Waals surface area contributed by atoms with E-state index < -0.39 is 162 Å². The monoisotopic (exact) mass is 1740 g/mol. The first-order chi connectivity index (χ1) is 58.1. The standard InChI is InChI=1S/C94H175O25P/c1-6-10-14-18-22-25-28-31-34-37-40-43-46-53-59-65-77(96)110-70-74(113-79(98)67-61-55-48-45-42-39-36-33-30-27-24-20-16-12-8-3)71-112-120(108,109)119-92-90(117-93-87(106)83(102)81(100)75(69-95)114-93)86(105)85(104)89(116-80(99)68-62-56-50-49-52-58-64-73(5)63-57-51-21-17-13-9-4)91(92)118-94-88(107)84(103)82(101)76(115-94)72-111-78(97)66-60-54-47-44-41-38-35-32-29-26-23-19-15-11-7-2/h25,28,73-76,81-95,100-107H,6-24,26-27,29-72H2,1-5H3,(H,108,109)/b28-25-. The summed E-state index contributed by atoms with van der Waals surface area (Å²) >= 11 is 0. The van der Waals surface area contributed by atoms with E-state index in [9.17, 15) is 74.6 Å². The van der Waals surface area contributed by atoms with E-state index in [2.05, 4.69) is 46.8 Å². The van der Waals surface area contributed by atoms with Gasteiger partial charge in [-0.2, -0.15) is 0 Å². The first kappa shape index (κ1) is 111. The van der Waals surface area contributed by atoms with Crippen LogP contribution in [0.25, 0.3) is 0 Å². The van der Waals surface area contributed by atoms with E-state index in [0.29, 0.717) is 38.0 Å². The van der Waals surface area contributed by atoms with Gasteiger partial charge in [0.15, 0.2) is 24.8 Å². The molecule has 2 aliphatic heterocycles. The Morgan fingerprint density at radius 2 is 0.675 bits per heavy atom. The fourth-order valence-electron chi connectivity index (χ4n) is 16.3. The number of aliphatic hydroxyl groups is 9. The number of aliphatic hydroxyl groups excluding tert-OH is 9. The highest BCUT2D eigenvalue weighted by molar-refractivity contribution is 7.47. The van der Waals surface area contributed by atoms with E-state index >= 15 is 0 Å². The van der Waals surface area contributed by atoms with Gasteiger partial charge in [0.1, 0.15) is 92.6 Å². The van der Waals surface area contributed by atoms with Gasteiger partial charge < -0.3 is 88.7 Å². The lowest BCUT2D eigenvalue weighted by atomic mass is 9.84. The number of unbranched alkanes of at least 4 members (excludes halogenated alkanes) is 49. The van der Waals surface area contributed by atoms with E-state index in [4.69, 9.17) is 46.9 Å². The maximum absolute atomic E-state index is 14.9. The van der Waals surface area contributed by atoms with E-state index in [1.807, 2.05) is 0 Å². The number of rotatable bonds is 79. The number of allylic oxidation sites excluding steroid dienone is 2. The first-order valence-electron chi connectivity index (χ1n) is 48.8. The van der Waals surface area contributed by atoms with Crippen molar-refractivity contribution in [2.75, 3.05) is 26.4 Å². The van der Waals surface area contributed by atoms with Crippen molar-refractivity contribution in [2.45, 2.75) is 530 Å². The number of phosphoric ester groups is 1. The molecule has 1 aliphatic carbocycles. The maximum Gasteiger partial charge on any atom is 0.472 e. The molecule has 19 atom stereocenters. The summed E-state index contributed by atoms with van der Waals surface area (Å²) in [5.41, 5.74) is 0. The van der Waals surface area contributed by atoms with Crippen molar-refractivity contribution in [1.29, 1.82) is 0 Å². The van der Waals surface area contributed by atoms with Crippen molar-refractivity contribution in [2.24, 2.45) is 5.92 Å². The minimum atomic E-state index is -5.81. The lowest BCUT2D eigenvalue weighted by molar-refractivity contribution is -0.360. The lowest BCUT2D eigenvalue weighted by Gasteiger charge is -2.50. The SMILES string of the molecule is CCCCCC/C=C\CCCCCCCCCC(=O)OCC(COP(=O)(O)OC1C(OC2OC(CO)C(O)C(O)C2O)C(O)C(O)C(OC(=O)CCCCCCCCC(C)CCCCCCCC)C1OC1OC(COC(=O)CCCCCCCCCCCCCCCCC)C(O)C(O)C1O)OC(=O)CCCCCCCCCCCCCCCCC. The predicted molar refractivity (Wildman–Crippen MR) is 467 cm³/mol. The minimum Gasteiger partial charge on any atom is -0.463 e. The summed E-state index contributed by atoms with van der Waals surface area (Å²) in [4.78, 5) is 66.6. The molecule has 0 spiro atoms. The average molecular weight is 1740 g/mol. The quantitative estimate of drug-likeness (QED) is 0.00889. The molecule has 0 aromatic heterocycles. The zero-order valence-corrected chi connectivity index (χ0v) is 76.4. The summed E-state index contributed by atoms with van der Waals surface area (Å²) in [6.45, 7) is 7.92. The third-order valence-corrected chi connectivity index (χ3v) is 25.2. The number of hydrogen-bond acceptors (Lipinski definition) is 24. The van der Waals surface area contributed by atoms with E-state index in [0.717, 1.165) is 148 Å². The Kier molecular flexibility index (Phi) is 67.0. The van der Waals surface area contributed by atoms with Crippen molar-refractivity contribution in [3.8, 4) is 0 Å². The van der Waals surface area contributed by atoms with Gasteiger partial charge in [-0.15, -0.1) is 0 Å². The summed E-state index contributed by atoms with van der Waals surface area (Å²) in [5, 5.41) is 103. The van der Waals surface area contributed by atoms with Gasteiger partial charge in [-0.1, -0.05) is 361 Å². The number of hydrogen-bond donors (Lipinski definition) is 10. The van der Waals surface area contributed by atoms with Gasteiger partial charge in [0.25, 0.3) is 0 Å². The fourth-order valence-corrected chi connectivity index (χ4v) is 17.3. The molecule has 3 aliphatic rings.